The van der Waals surface area contributed by atoms with Crippen molar-refractivity contribution >= 4 is 11.8 Å². The Morgan fingerprint density at radius 2 is 2.50 bits per heavy atom. The number of unbranched alkanes of at least 4 members (excludes halogenated alkanes) is 1. The molecule has 0 saturated carbocycles. The van der Waals surface area contributed by atoms with E-state index < -0.39 is 0 Å². The lowest BCUT2D eigenvalue weighted by Crippen LogP contribution is -2.11. The van der Waals surface area contributed by atoms with Crippen molar-refractivity contribution in [2.45, 2.75) is 26.2 Å². The molecule has 0 bridgehead atoms. The second kappa shape index (κ2) is 4.39. The molecule has 1 aliphatic heterocycles. The molecule has 1 rings (SSSR count). The van der Waals surface area contributed by atoms with E-state index in [1.165, 1.54) is 0 Å². The summed E-state index contributed by atoms with van der Waals surface area (Å²) in [5.74, 6) is 0.502. The van der Waals surface area contributed by atoms with Crippen LogP contribution in [0.5, 0.6) is 0 Å². The first-order valence-electron chi connectivity index (χ1n) is 4.02. The second-order valence-electron chi connectivity index (χ2n) is 2.66. The van der Waals surface area contributed by atoms with Crippen LogP contribution in [0.2, 0.25) is 0 Å². The zero-order chi connectivity index (χ0) is 8.97. The van der Waals surface area contributed by atoms with Crippen LogP contribution in [0.1, 0.15) is 26.2 Å². The fourth-order valence-corrected chi connectivity index (χ4v) is 2.05. The van der Waals surface area contributed by atoms with E-state index in [1.807, 2.05) is 6.07 Å². The van der Waals surface area contributed by atoms with E-state index in [0.29, 0.717) is 11.6 Å². The third-order valence-corrected chi connectivity index (χ3v) is 2.87. The van der Waals surface area contributed by atoms with Crippen molar-refractivity contribution in [3.8, 4) is 6.07 Å². The Morgan fingerprint density at radius 3 is 3.08 bits per heavy atom. The van der Waals surface area contributed by atoms with Crippen molar-refractivity contribution < 1.29 is 5.21 Å². The minimum atomic E-state index is 0.438. The number of nitriles is 1. The van der Waals surface area contributed by atoms with Gasteiger partial charge in [-0.1, -0.05) is 13.3 Å². The van der Waals surface area contributed by atoms with Gasteiger partial charge in [0.1, 0.15) is 6.07 Å². The Bertz CT molecular complexity index is 232. The van der Waals surface area contributed by atoms with E-state index >= 15 is 0 Å². The molecular weight excluding hydrogens is 172 g/mol. The van der Waals surface area contributed by atoms with Crippen molar-refractivity contribution in [1.82, 2.24) is 5.06 Å². The molecule has 0 radical (unpaired) electrons. The zero-order valence-electron chi connectivity index (χ0n) is 7.08. The van der Waals surface area contributed by atoms with Gasteiger partial charge < -0.3 is 0 Å². The molecule has 1 N–H and O–H groups in total. The van der Waals surface area contributed by atoms with E-state index in [2.05, 4.69) is 6.92 Å². The summed E-state index contributed by atoms with van der Waals surface area (Å²) in [5.41, 5.74) is 0.438. The topological polar surface area (TPSA) is 47.3 Å². The average Bonchev–Trinajstić information content (AvgIpc) is 2.43. The summed E-state index contributed by atoms with van der Waals surface area (Å²) in [4.78, 5) is 1.03. The first-order chi connectivity index (χ1) is 5.79. The lowest BCUT2D eigenvalue weighted by molar-refractivity contribution is -0.0273. The van der Waals surface area contributed by atoms with Crippen LogP contribution < -0.4 is 0 Å². The van der Waals surface area contributed by atoms with Gasteiger partial charge in [-0.2, -0.15) is 5.26 Å². The van der Waals surface area contributed by atoms with Crippen LogP contribution in [-0.4, -0.2) is 16.1 Å². The number of allylic oxidation sites excluding steroid dienone is 2. The van der Waals surface area contributed by atoms with E-state index in [4.69, 9.17) is 5.26 Å². The number of hydroxylamine groups is 2. The van der Waals surface area contributed by atoms with Crippen LogP contribution in [0.15, 0.2) is 10.6 Å². The molecule has 0 aromatic heterocycles. The van der Waals surface area contributed by atoms with Crippen LogP contribution in [0, 0.1) is 11.3 Å². The van der Waals surface area contributed by atoms with E-state index in [1.54, 1.807) is 11.8 Å². The summed E-state index contributed by atoms with van der Waals surface area (Å²) in [6.45, 7) is 2.11. The minimum absolute atomic E-state index is 0.438. The van der Waals surface area contributed by atoms with Gasteiger partial charge in [-0.3, -0.25) is 5.21 Å². The molecule has 0 saturated heterocycles. The van der Waals surface area contributed by atoms with Crippen LogP contribution in [0.4, 0.5) is 0 Å². The number of hydrogen-bond donors (Lipinski definition) is 1. The second-order valence-corrected chi connectivity index (χ2v) is 3.70. The standard InChI is InChI=1S/C8H12N2OS/c1-2-3-4-8-7(5-9)10(11)6-12-8/h11H,2-4,6H2,1H3. The van der Waals surface area contributed by atoms with Gasteiger partial charge in [-0.05, 0) is 12.8 Å². The van der Waals surface area contributed by atoms with Crippen molar-refractivity contribution in [3.63, 3.8) is 0 Å². The number of hydrogen-bond acceptors (Lipinski definition) is 4. The molecule has 0 amide bonds. The van der Waals surface area contributed by atoms with E-state index in [9.17, 15) is 5.21 Å². The quantitative estimate of drug-likeness (QED) is 0.731. The molecule has 0 unspecified atom stereocenters. The van der Waals surface area contributed by atoms with Crippen LogP contribution in [0.3, 0.4) is 0 Å². The van der Waals surface area contributed by atoms with Gasteiger partial charge in [-0.25, -0.2) is 5.06 Å². The monoisotopic (exact) mass is 184 g/mol. The first kappa shape index (κ1) is 9.43. The summed E-state index contributed by atoms with van der Waals surface area (Å²) in [5, 5.41) is 18.9. The summed E-state index contributed by atoms with van der Waals surface area (Å²) in [7, 11) is 0. The lowest BCUT2D eigenvalue weighted by atomic mass is 10.2. The smallest absolute Gasteiger partial charge is 0.151 e. The molecule has 0 aliphatic carbocycles. The molecule has 0 spiro atoms. The van der Waals surface area contributed by atoms with Gasteiger partial charge in [0.2, 0.25) is 0 Å². The molecule has 0 atom stereocenters. The van der Waals surface area contributed by atoms with Crippen molar-refractivity contribution in [3.05, 3.63) is 10.6 Å². The molecule has 3 nitrogen and oxygen atoms in total. The Balaban J connectivity index is 2.60. The Kier molecular flexibility index (Phi) is 3.45. The van der Waals surface area contributed by atoms with Gasteiger partial charge in [0, 0.05) is 4.91 Å². The molecule has 0 aromatic rings. The summed E-state index contributed by atoms with van der Waals surface area (Å²) < 4.78 is 0. The number of thioether (sulfide) groups is 1. The Morgan fingerprint density at radius 1 is 1.75 bits per heavy atom. The Labute approximate surface area is 76.6 Å². The van der Waals surface area contributed by atoms with Gasteiger partial charge in [0.15, 0.2) is 5.70 Å². The maximum absolute atomic E-state index is 9.19. The predicted octanol–water partition coefficient (Wildman–Crippen LogP) is 2.31. The average molecular weight is 184 g/mol. The molecule has 1 heterocycles. The minimum Gasteiger partial charge on any atom is -0.287 e. The molecule has 66 valence electrons. The van der Waals surface area contributed by atoms with Gasteiger partial charge in [0.05, 0.1) is 5.88 Å². The number of nitrogens with zero attached hydrogens (tertiary/aromatic N) is 2. The fourth-order valence-electron chi connectivity index (χ4n) is 1.06. The predicted molar refractivity (Wildman–Crippen MR) is 48.2 cm³/mol. The number of rotatable bonds is 3. The molecule has 4 heteroatoms. The van der Waals surface area contributed by atoms with Gasteiger partial charge in [0.25, 0.3) is 0 Å². The lowest BCUT2D eigenvalue weighted by Gasteiger charge is -2.04. The van der Waals surface area contributed by atoms with Crippen molar-refractivity contribution in [1.29, 1.82) is 5.26 Å². The third-order valence-electron chi connectivity index (χ3n) is 1.75. The van der Waals surface area contributed by atoms with E-state index in [0.717, 1.165) is 29.2 Å². The van der Waals surface area contributed by atoms with Crippen LogP contribution >= 0.6 is 11.8 Å². The van der Waals surface area contributed by atoms with Crippen molar-refractivity contribution in [2.24, 2.45) is 0 Å². The highest BCUT2D eigenvalue weighted by Crippen LogP contribution is 2.33. The highest BCUT2D eigenvalue weighted by atomic mass is 32.2. The maximum Gasteiger partial charge on any atom is 0.151 e. The van der Waals surface area contributed by atoms with Crippen LogP contribution in [0.25, 0.3) is 0 Å². The Hall–Kier alpha value is -0.660. The molecule has 12 heavy (non-hydrogen) atoms. The highest BCUT2D eigenvalue weighted by molar-refractivity contribution is 8.03. The normalized spacial score (nSPS) is 16.9. The fraction of sp³-hybridized carbons (Fsp3) is 0.625. The molecular formula is C8H12N2OS. The zero-order valence-corrected chi connectivity index (χ0v) is 7.89. The highest BCUT2D eigenvalue weighted by Gasteiger charge is 2.20. The summed E-state index contributed by atoms with van der Waals surface area (Å²) in [6.07, 6.45) is 3.12. The summed E-state index contributed by atoms with van der Waals surface area (Å²) >= 11 is 1.56. The van der Waals surface area contributed by atoms with E-state index in [-0.39, 0.29) is 0 Å². The SMILES string of the molecule is CCCCC1=C(C#N)N(O)CS1. The maximum atomic E-state index is 9.19. The van der Waals surface area contributed by atoms with Crippen molar-refractivity contribution in [2.75, 3.05) is 5.88 Å². The first-order valence-corrected chi connectivity index (χ1v) is 5.00. The largest absolute Gasteiger partial charge is 0.287 e. The third kappa shape index (κ3) is 1.93. The molecule has 0 aromatic carbocycles. The molecule has 1 aliphatic rings. The molecule has 0 fully saturated rings. The van der Waals surface area contributed by atoms with Gasteiger partial charge >= 0.3 is 0 Å². The van der Waals surface area contributed by atoms with Gasteiger partial charge in [-0.15, -0.1) is 11.8 Å². The summed E-state index contributed by atoms with van der Waals surface area (Å²) in [6, 6.07) is 2.01. The van der Waals surface area contributed by atoms with Crippen LogP contribution in [-0.2, 0) is 0 Å².